The largest absolute Gasteiger partial charge is 0.397 e. The van der Waals surface area contributed by atoms with Crippen molar-refractivity contribution < 1.29 is 17.7 Å². The molecule has 1 rings (SSSR count). The van der Waals surface area contributed by atoms with Crippen molar-refractivity contribution in [1.82, 2.24) is 5.16 Å². The smallest absolute Gasteiger partial charge is 0.361 e. The normalized spacial score (nSPS) is 14.4. The van der Waals surface area contributed by atoms with Crippen molar-refractivity contribution in [2.75, 3.05) is 6.54 Å². The number of aryl methyl sites for hydroxylation is 1. The van der Waals surface area contributed by atoms with Gasteiger partial charge in [-0.3, -0.25) is 0 Å². The summed E-state index contributed by atoms with van der Waals surface area (Å²) in [5.74, 6) is -1.25. The highest BCUT2D eigenvalue weighted by molar-refractivity contribution is 5.11. The first-order chi connectivity index (χ1) is 6.45. The Morgan fingerprint density at radius 1 is 1.57 bits per heavy atom. The predicted molar refractivity (Wildman–Crippen MR) is 43.7 cm³/mol. The number of nitrogens with two attached hydrogens (primary N) is 1. The monoisotopic (exact) mass is 208 g/mol. The van der Waals surface area contributed by atoms with E-state index in [0.29, 0.717) is 5.76 Å². The van der Waals surface area contributed by atoms with Crippen LogP contribution in [0.15, 0.2) is 10.6 Å². The van der Waals surface area contributed by atoms with Gasteiger partial charge < -0.3 is 10.3 Å². The van der Waals surface area contributed by atoms with Crippen molar-refractivity contribution in [2.45, 2.75) is 25.4 Å². The van der Waals surface area contributed by atoms with E-state index in [4.69, 9.17) is 5.73 Å². The molecule has 1 aromatic heterocycles. The fourth-order valence-corrected chi connectivity index (χ4v) is 1.20. The maximum absolute atomic E-state index is 12.5. The van der Waals surface area contributed by atoms with Crippen LogP contribution in [0.5, 0.6) is 0 Å². The van der Waals surface area contributed by atoms with Crippen LogP contribution in [0.3, 0.4) is 0 Å². The van der Waals surface area contributed by atoms with Crippen molar-refractivity contribution in [2.24, 2.45) is 5.73 Å². The first kappa shape index (κ1) is 11.0. The lowest BCUT2D eigenvalue weighted by Gasteiger charge is -2.16. The molecule has 0 amide bonds. The van der Waals surface area contributed by atoms with E-state index in [1.165, 1.54) is 6.07 Å². The summed E-state index contributed by atoms with van der Waals surface area (Å²) < 4.78 is 42.0. The van der Waals surface area contributed by atoms with Gasteiger partial charge in [-0.25, -0.2) is 0 Å². The van der Waals surface area contributed by atoms with Gasteiger partial charge in [0, 0.05) is 6.07 Å². The second-order valence-corrected chi connectivity index (χ2v) is 3.03. The van der Waals surface area contributed by atoms with Gasteiger partial charge >= 0.3 is 6.18 Å². The zero-order valence-electron chi connectivity index (χ0n) is 7.64. The first-order valence-corrected chi connectivity index (χ1v) is 4.15. The van der Waals surface area contributed by atoms with Gasteiger partial charge in [-0.05, 0) is 19.9 Å². The lowest BCUT2D eigenvalue weighted by molar-refractivity contribution is -0.152. The summed E-state index contributed by atoms with van der Waals surface area (Å²) in [6.07, 6.45) is -4.49. The van der Waals surface area contributed by atoms with E-state index in [0.717, 1.165) is 0 Å². The van der Waals surface area contributed by atoms with E-state index in [-0.39, 0.29) is 18.7 Å². The zero-order chi connectivity index (χ0) is 10.8. The van der Waals surface area contributed by atoms with E-state index in [1.807, 2.05) is 0 Å². The molecule has 1 unspecified atom stereocenters. The molecule has 0 radical (unpaired) electrons. The third-order valence-corrected chi connectivity index (χ3v) is 1.85. The Morgan fingerprint density at radius 2 is 2.21 bits per heavy atom. The van der Waals surface area contributed by atoms with Gasteiger partial charge in [-0.15, -0.1) is 0 Å². The van der Waals surface area contributed by atoms with E-state index < -0.39 is 12.1 Å². The van der Waals surface area contributed by atoms with Gasteiger partial charge in [0.25, 0.3) is 0 Å². The molecule has 0 aliphatic rings. The minimum Gasteiger partial charge on any atom is -0.361 e. The van der Waals surface area contributed by atoms with Gasteiger partial charge in [-0.1, -0.05) is 5.16 Å². The molecule has 1 aromatic rings. The molecule has 2 N–H and O–H groups in total. The average Bonchev–Trinajstić information content (AvgIpc) is 2.45. The standard InChI is InChI=1S/C8H11F3N2O/c1-5-4-7(13-14-5)6(2-3-12)8(9,10)11/h4,6H,2-3,12H2,1H3. The van der Waals surface area contributed by atoms with Crippen molar-refractivity contribution in [3.63, 3.8) is 0 Å². The molecule has 0 saturated heterocycles. The molecule has 0 spiro atoms. The van der Waals surface area contributed by atoms with Gasteiger partial charge in [0.15, 0.2) is 0 Å². The number of alkyl halides is 3. The summed E-state index contributed by atoms with van der Waals surface area (Å²) in [5, 5.41) is 3.35. The Labute approximate surface area is 79.1 Å². The maximum Gasteiger partial charge on any atom is 0.397 e. The number of hydrogen-bond donors (Lipinski definition) is 1. The molecule has 3 nitrogen and oxygen atoms in total. The third-order valence-electron chi connectivity index (χ3n) is 1.85. The van der Waals surface area contributed by atoms with Crippen LogP contribution in [0.1, 0.15) is 23.8 Å². The number of nitrogens with zero attached hydrogens (tertiary/aromatic N) is 1. The van der Waals surface area contributed by atoms with Gasteiger partial charge in [0.1, 0.15) is 11.7 Å². The Hall–Kier alpha value is -1.04. The Kier molecular flexibility index (Phi) is 3.15. The van der Waals surface area contributed by atoms with E-state index in [2.05, 4.69) is 9.68 Å². The number of aromatic nitrogens is 1. The van der Waals surface area contributed by atoms with Gasteiger partial charge in [0.2, 0.25) is 0 Å². The van der Waals surface area contributed by atoms with Crippen molar-refractivity contribution >= 4 is 0 Å². The summed E-state index contributed by atoms with van der Waals surface area (Å²) in [6, 6.07) is 1.29. The van der Waals surface area contributed by atoms with Crippen molar-refractivity contribution in [3.8, 4) is 0 Å². The SMILES string of the molecule is Cc1cc(C(CCN)C(F)(F)F)no1. The third kappa shape index (κ3) is 2.47. The molecule has 1 atom stereocenters. The number of hydrogen-bond acceptors (Lipinski definition) is 3. The predicted octanol–water partition coefficient (Wildman–Crippen LogP) is 1.98. The Bertz CT molecular complexity index is 295. The molecule has 6 heteroatoms. The minimum absolute atomic E-state index is 0.0317. The minimum atomic E-state index is -4.32. The lowest BCUT2D eigenvalue weighted by Crippen LogP contribution is -2.23. The fraction of sp³-hybridized carbons (Fsp3) is 0.625. The van der Waals surface area contributed by atoms with Crippen LogP contribution in [0, 0.1) is 6.92 Å². The topological polar surface area (TPSA) is 52.0 Å². The molecular weight excluding hydrogens is 197 g/mol. The fourth-order valence-electron chi connectivity index (χ4n) is 1.20. The number of halogens is 3. The van der Waals surface area contributed by atoms with Crippen LogP contribution >= 0.6 is 0 Å². The molecule has 0 bridgehead atoms. The lowest BCUT2D eigenvalue weighted by atomic mass is 10.0. The summed E-state index contributed by atoms with van der Waals surface area (Å²) in [5.41, 5.74) is 5.02. The van der Waals surface area contributed by atoms with E-state index in [1.54, 1.807) is 6.92 Å². The summed E-state index contributed by atoms with van der Waals surface area (Å²) in [6.45, 7) is 1.52. The summed E-state index contributed by atoms with van der Waals surface area (Å²) >= 11 is 0. The highest BCUT2D eigenvalue weighted by atomic mass is 19.4. The van der Waals surface area contributed by atoms with E-state index in [9.17, 15) is 13.2 Å². The molecule has 14 heavy (non-hydrogen) atoms. The van der Waals surface area contributed by atoms with Crippen molar-refractivity contribution in [1.29, 1.82) is 0 Å². The summed E-state index contributed by atoms with van der Waals surface area (Å²) in [4.78, 5) is 0. The van der Waals surface area contributed by atoms with Crippen LogP contribution in [0.4, 0.5) is 13.2 Å². The zero-order valence-corrected chi connectivity index (χ0v) is 7.64. The quantitative estimate of drug-likeness (QED) is 0.826. The molecule has 0 aromatic carbocycles. The molecule has 0 saturated carbocycles. The highest BCUT2D eigenvalue weighted by Crippen LogP contribution is 2.36. The Balaban J connectivity index is 2.88. The van der Waals surface area contributed by atoms with Gasteiger partial charge in [-0.2, -0.15) is 13.2 Å². The molecule has 0 aliphatic heterocycles. The molecule has 0 aliphatic carbocycles. The van der Waals surface area contributed by atoms with Crippen molar-refractivity contribution in [3.05, 3.63) is 17.5 Å². The van der Waals surface area contributed by atoms with E-state index >= 15 is 0 Å². The molecule has 1 heterocycles. The molecular formula is C8H11F3N2O. The molecule has 80 valence electrons. The summed E-state index contributed by atoms with van der Waals surface area (Å²) in [7, 11) is 0. The first-order valence-electron chi connectivity index (χ1n) is 4.15. The van der Waals surface area contributed by atoms with Crippen LogP contribution in [-0.4, -0.2) is 17.9 Å². The van der Waals surface area contributed by atoms with Crippen LogP contribution in [-0.2, 0) is 0 Å². The second kappa shape index (κ2) is 4.00. The Morgan fingerprint density at radius 3 is 2.57 bits per heavy atom. The maximum atomic E-state index is 12.5. The van der Waals surface area contributed by atoms with Gasteiger partial charge in [0.05, 0.1) is 5.69 Å². The van der Waals surface area contributed by atoms with Crippen LogP contribution in [0.25, 0.3) is 0 Å². The highest BCUT2D eigenvalue weighted by Gasteiger charge is 2.41. The second-order valence-electron chi connectivity index (χ2n) is 3.03. The number of rotatable bonds is 3. The molecule has 0 fully saturated rings. The average molecular weight is 208 g/mol. The van der Waals surface area contributed by atoms with Crippen LogP contribution < -0.4 is 5.73 Å². The van der Waals surface area contributed by atoms with Crippen LogP contribution in [0.2, 0.25) is 0 Å².